The predicted octanol–water partition coefficient (Wildman–Crippen LogP) is 1.82. The second kappa shape index (κ2) is 6.87. The number of amides is 2. The van der Waals surface area contributed by atoms with Gasteiger partial charge in [-0.2, -0.15) is 10.2 Å². The van der Waals surface area contributed by atoms with Gasteiger partial charge in [0.1, 0.15) is 0 Å². The molecule has 2 unspecified atom stereocenters. The lowest BCUT2D eigenvalue weighted by atomic mass is 10.0. The third kappa shape index (κ3) is 3.68. The van der Waals surface area contributed by atoms with E-state index in [1.807, 2.05) is 35.2 Å². The second-order valence-electron chi connectivity index (χ2n) is 6.90. The molecule has 2 aliphatic rings. The Morgan fingerprint density at radius 1 is 1.32 bits per heavy atom. The summed E-state index contributed by atoms with van der Waals surface area (Å²) < 4.78 is 9.27. The molecule has 0 spiro atoms. The van der Waals surface area contributed by atoms with E-state index in [2.05, 4.69) is 15.5 Å². The highest BCUT2D eigenvalue weighted by Crippen LogP contribution is 2.27. The fourth-order valence-corrected chi connectivity index (χ4v) is 3.60. The molecular formula is C17H24N6O2. The molecule has 8 heteroatoms. The van der Waals surface area contributed by atoms with Crippen molar-refractivity contribution < 1.29 is 9.53 Å². The Hall–Kier alpha value is -2.35. The zero-order chi connectivity index (χ0) is 17.2. The van der Waals surface area contributed by atoms with Crippen LogP contribution in [0.1, 0.15) is 30.7 Å². The van der Waals surface area contributed by atoms with Gasteiger partial charge in [-0.25, -0.2) is 4.79 Å². The Morgan fingerprint density at radius 2 is 2.24 bits per heavy atom. The predicted molar refractivity (Wildman–Crippen MR) is 92.4 cm³/mol. The molecule has 0 radical (unpaired) electrons. The van der Waals surface area contributed by atoms with E-state index in [0.29, 0.717) is 5.92 Å². The zero-order valence-corrected chi connectivity index (χ0v) is 14.5. The quantitative estimate of drug-likeness (QED) is 0.918. The van der Waals surface area contributed by atoms with Gasteiger partial charge < -0.3 is 15.0 Å². The van der Waals surface area contributed by atoms with Crippen LogP contribution in [0.3, 0.4) is 0 Å². The van der Waals surface area contributed by atoms with Crippen LogP contribution in [0.2, 0.25) is 0 Å². The highest BCUT2D eigenvalue weighted by atomic mass is 16.5. The smallest absolute Gasteiger partial charge is 0.321 e. The van der Waals surface area contributed by atoms with Crippen molar-refractivity contribution in [3.63, 3.8) is 0 Å². The summed E-state index contributed by atoms with van der Waals surface area (Å²) in [6, 6.07) is -0.0666. The van der Waals surface area contributed by atoms with Gasteiger partial charge in [-0.1, -0.05) is 0 Å². The molecule has 4 heterocycles. The molecule has 25 heavy (non-hydrogen) atoms. The SMILES string of the molecule is Cn1cc(C2CCN(C(=O)Nc3cnn(CC4CCCO4)c3)C2)cn1. The van der Waals surface area contributed by atoms with Crippen molar-refractivity contribution in [1.29, 1.82) is 0 Å². The molecule has 0 bridgehead atoms. The molecule has 2 saturated heterocycles. The Labute approximate surface area is 146 Å². The molecule has 134 valence electrons. The van der Waals surface area contributed by atoms with Gasteiger partial charge in [-0.3, -0.25) is 9.36 Å². The summed E-state index contributed by atoms with van der Waals surface area (Å²) in [5.74, 6) is 0.363. The number of ether oxygens (including phenoxy) is 1. The number of nitrogens with one attached hydrogen (secondary N) is 1. The zero-order valence-electron chi connectivity index (χ0n) is 14.5. The summed E-state index contributed by atoms with van der Waals surface area (Å²) in [7, 11) is 1.91. The lowest BCUT2D eigenvalue weighted by Crippen LogP contribution is -2.32. The van der Waals surface area contributed by atoms with Crippen molar-refractivity contribution in [2.45, 2.75) is 37.8 Å². The molecule has 2 aliphatic heterocycles. The molecule has 2 atom stereocenters. The highest BCUT2D eigenvalue weighted by Gasteiger charge is 2.28. The Morgan fingerprint density at radius 3 is 3.00 bits per heavy atom. The summed E-state index contributed by atoms with van der Waals surface area (Å²) in [5, 5.41) is 11.5. The van der Waals surface area contributed by atoms with Crippen molar-refractivity contribution >= 4 is 11.7 Å². The van der Waals surface area contributed by atoms with E-state index >= 15 is 0 Å². The van der Waals surface area contributed by atoms with Crippen LogP contribution < -0.4 is 5.32 Å². The topological polar surface area (TPSA) is 77.2 Å². The Balaban J connectivity index is 1.31. The molecule has 8 nitrogen and oxygen atoms in total. The van der Waals surface area contributed by atoms with Gasteiger partial charge in [0, 0.05) is 45.1 Å². The van der Waals surface area contributed by atoms with Gasteiger partial charge in [0.2, 0.25) is 0 Å². The molecule has 2 amide bonds. The number of nitrogens with zero attached hydrogens (tertiary/aromatic N) is 5. The van der Waals surface area contributed by atoms with Gasteiger partial charge in [0.25, 0.3) is 0 Å². The largest absolute Gasteiger partial charge is 0.376 e. The van der Waals surface area contributed by atoms with Gasteiger partial charge in [0.15, 0.2) is 0 Å². The molecule has 2 aromatic heterocycles. The first-order valence-electron chi connectivity index (χ1n) is 8.86. The number of rotatable bonds is 4. The third-order valence-corrected chi connectivity index (χ3v) is 4.97. The van der Waals surface area contributed by atoms with Gasteiger partial charge in [-0.05, 0) is 24.8 Å². The molecule has 2 aromatic rings. The van der Waals surface area contributed by atoms with Crippen LogP contribution in [0.5, 0.6) is 0 Å². The second-order valence-corrected chi connectivity index (χ2v) is 6.90. The van der Waals surface area contributed by atoms with E-state index in [-0.39, 0.29) is 12.1 Å². The molecule has 1 N–H and O–H groups in total. The van der Waals surface area contributed by atoms with Gasteiger partial charge in [0.05, 0.1) is 30.7 Å². The Bertz CT molecular complexity index is 733. The Kier molecular flexibility index (Phi) is 4.44. The van der Waals surface area contributed by atoms with Crippen LogP contribution in [0.4, 0.5) is 10.5 Å². The van der Waals surface area contributed by atoms with Gasteiger partial charge in [-0.15, -0.1) is 0 Å². The summed E-state index contributed by atoms with van der Waals surface area (Å²) in [5.41, 5.74) is 1.93. The standard InChI is InChI=1S/C17H24N6O2/c1-21-9-14(7-18-21)13-4-5-22(10-13)17(24)20-15-8-19-23(11-15)12-16-3-2-6-25-16/h7-9,11,13,16H,2-6,10,12H2,1H3,(H,20,24). The van der Waals surface area contributed by atoms with E-state index in [4.69, 9.17) is 4.74 Å². The third-order valence-electron chi connectivity index (χ3n) is 4.97. The number of aryl methyl sites for hydroxylation is 1. The first-order valence-corrected chi connectivity index (χ1v) is 8.86. The van der Waals surface area contributed by atoms with Crippen molar-refractivity contribution in [3.05, 3.63) is 30.4 Å². The maximum atomic E-state index is 12.5. The maximum absolute atomic E-state index is 12.5. The molecule has 4 rings (SSSR count). The van der Waals surface area contributed by atoms with Gasteiger partial charge >= 0.3 is 6.03 Å². The van der Waals surface area contributed by atoms with E-state index in [0.717, 1.165) is 51.2 Å². The lowest BCUT2D eigenvalue weighted by molar-refractivity contribution is 0.0940. The van der Waals surface area contributed by atoms with Crippen LogP contribution in [-0.4, -0.2) is 56.3 Å². The van der Waals surface area contributed by atoms with E-state index in [1.54, 1.807) is 10.9 Å². The van der Waals surface area contributed by atoms with Crippen molar-refractivity contribution in [2.75, 3.05) is 25.0 Å². The van der Waals surface area contributed by atoms with Crippen LogP contribution in [0.15, 0.2) is 24.8 Å². The fraction of sp³-hybridized carbons (Fsp3) is 0.588. The minimum absolute atomic E-state index is 0.0666. The summed E-state index contributed by atoms with van der Waals surface area (Å²) in [6.07, 6.45) is 10.9. The molecule has 0 saturated carbocycles. The number of likely N-dealkylation sites (tertiary alicyclic amines) is 1. The van der Waals surface area contributed by atoms with Crippen LogP contribution >= 0.6 is 0 Å². The van der Waals surface area contributed by atoms with E-state index in [1.165, 1.54) is 5.56 Å². The molecular weight excluding hydrogens is 320 g/mol. The highest BCUT2D eigenvalue weighted by molar-refractivity contribution is 5.89. The number of carbonyl (C=O) groups excluding carboxylic acids is 1. The molecule has 0 aromatic carbocycles. The van der Waals surface area contributed by atoms with Crippen LogP contribution in [0, 0.1) is 0 Å². The number of hydrogen-bond acceptors (Lipinski definition) is 4. The van der Waals surface area contributed by atoms with E-state index < -0.39 is 0 Å². The fourth-order valence-electron chi connectivity index (χ4n) is 3.60. The normalized spacial score (nSPS) is 23.3. The molecule has 0 aliphatic carbocycles. The first-order chi connectivity index (χ1) is 12.2. The average Bonchev–Trinajstić information content (AvgIpc) is 3.34. The average molecular weight is 344 g/mol. The number of urea groups is 1. The first kappa shape index (κ1) is 16.1. The summed E-state index contributed by atoms with van der Waals surface area (Å²) in [6.45, 7) is 3.06. The number of carbonyl (C=O) groups is 1. The van der Waals surface area contributed by atoms with E-state index in [9.17, 15) is 4.79 Å². The number of anilines is 1. The minimum Gasteiger partial charge on any atom is -0.376 e. The van der Waals surface area contributed by atoms with Crippen LogP contribution in [0.25, 0.3) is 0 Å². The monoisotopic (exact) mass is 344 g/mol. The molecule has 2 fully saturated rings. The number of hydrogen-bond donors (Lipinski definition) is 1. The lowest BCUT2D eigenvalue weighted by Gasteiger charge is -2.16. The van der Waals surface area contributed by atoms with Crippen molar-refractivity contribution in [1.82, 2.24) is 24.5 Å². The maximum Gasteiger partial charge on any atom is 0.321 e. The minimum atomic E-state index is -0.0666. The van der Waals surface area contributed by atoms with Crippen LogP contribution in [-0.2, 0) is 18.3 Å². The number of aromatic nitrogens is 4. The summed E-state index contributed by atoms with van der Waals surface area (Å²) in [4.78, 5) is 14.3. The summed E-state index contributed by atoms with van der Waals surface area (Å²) >= 11 is 0. The van der Waals surface area contributed by atoms with Crippen molar-refractivity contribution in [3.8, 4) is 0 Å². The van der Waals surface area contributed by atoms with Crippen molar-refractivity contribution in [2.24, 2.45) is 7.05 Å².